The normalized spacial score (nSPS) is 12.9. The van der Waals surface area contributed by atoms with E-state index in [1.54, 1.807) is 7.11 Å². The molecule has 1 heterocycles. The highest BCUT2D eigenvalue weighted by molar-refractivity contribution is 4.99. The van der Waals surface area contributed by atoms with Crippen molar-refractivity contribution in [3.05, 3.63) is 18.2 Å². The maximum Gasteiger partial charge on any atom is 0.0951 e. The molecule has 0 saturated carbocycles. The van der Waals surface area contributed by atoms with Gasteiger partial charge in [-0.1, -0.05) is 6.92 Å². The minimum absolute atomic E-state index is 0.445. The van der Waals surface area contributed by atoms with Crippen LogP contribution in [0, 0.1) is 0 Å². The van der Waals surface area contributed by atoms with Gasteiger partial charge in [0, 0.05) is 32.5 Å². The van der Waals surface area contributed by atoms with Crippen molar-refractivity contribution in [1.29, 1.82) is 0 Å². The molecule has 1 N–H and O–H groups in total. The summed E-state index contributed by atoms with van der Waals surface area (Å²) < 4.78 is 7.32. The van der Waals surface area contributed by atoms with Gasteiger partial charge < -0.3 is 14.6 Å². The molecule has 4 heteroatoms. The van der Waals surface area contributed by atoms with Crippen LogP contribution in [0.2, 0.25) is 0 Å². The summed E-state index contributed by atoms with van der Waals surface area (Å²) in [6.07, 6.45) is 6.02. The van der Waals surface area contributed by atoms with Gasteiger partial charge in [0.2, 0.25) is 0 Å². The van der Waals surface area contributed by atoms with E-state index in [2.05, 4.69) is 28.7 Å². The number of nitrogens with one attached hydrogen (secondary N) is 1. The second kappa shape index (κ2) is 7.41. The van der Waals surface area contributed by atoms with Crippen LogP contribution >= 0.6 is 0 Å². The average Bonchev–Trinajstić information content (AvgIpc) is 2.74. The molecule has 1 atom stereocenters. The second-order valence-corrected chi connectivity index (χ2v) is 4.10. The summed E-state index contributed by atoms with van der Waals surface area (Å²) in [5.74, 6) is 0. The second-order valence-electron chi connectivity index (χ2n) is 4.10. The predicted molar refractivity (Wildman–Crippen MR) is 65.4 cm³/mol. The van der Waals surface area contributed by atoms with Gasteiger partial charge >= 0.3 is 0 Å². The topological polar surface area (TPSA) is 39.1 Å². The number of rotatable bonds is 8. The molecule has 0 fully saturated rings. The van der Waals surface area contributed by atoms with Crippen LogP contribution in [0.5, 0.6) is 0 Å². The predicted octanol–water partition coefficient (Wildman–Crippen LogP) is 1.98. The van der Waals surface area contributed by atoms with Crippen molar-refractivity contribution in [2.75, 3.05) is 20.3 Å². The third-order valence-electron chi connectivity index (χ3n) is 2.69. The molecule has 0 aromatic carbocycles. The Balaban J connectivity index is 2.48. The number of imidazole rings is 1. The van der Waals surface area contributed by atoms with E-state index in [4.69, 9.17) is 4.74 Å². The van der Waals surface area contributed by atoms with Gasteiger partial charge in [0.05, 0.1) is 12.0 Å². The fourth-order valence-corrected chi connectivity index (χ4v) is 1.69. The van der Waals surface area contributed by atoms with Crippen LogP contribution in [0.4, 0.5) is 0 Å². The van der Waals surface area contributed by atoms with E-state index in [9.17, 15) is 0 Å². The average molecular weight is 225 g/mol. The molecule has 0 saturated heterocycles. The van der Waals surface area contributed by atoms with Crippen LogP contribution in [0.1, 0.15) is 38.4 Å². The van der Waals surface area contributed by atoms with E-state index >= 15 is 0 Å². The number of hydrogen-bond acceptors (Lipinski definition) is 3. The molecule has 0 radical (unpaired) electrons. The van der Waals surface area contributed by atoms with Crippen molar-refractivity contribution in [2.24, 2.45) is 0 Å². The van der Waals surface area contributed by atoms with Gasteiger partial charge in [0.1, 0.15) is 0 Å². The zero-order chi connectivity index (χ0) is 11.8. The molecule has 0 bridgehead atoms. The molecule has 92 valence electrons. The van der Waals surface area contributed by atoms with E-state index in [1.165, 1.54) is 5.69 Å². The van der Waals surface area contributed by atoms with Gasteiger partial charge in [-0.2, -0.15) is 0 Å². The van der Waals surface area contributed by atoms with Crippen molar-refractivity contribution in [3.63, 3.8) is 0 Å². The summed E-state index contributed by atoms with van der Waals surface area (Å²) in [6, 6.07) is 0.445. The zero-order valence-electron chi connectivity index (χ0n) is 10.6. The number of aromatic nitrogens is 2. The van der Waals surface area contributed by atoms with E-state index in [-0.39, 0.29) is 0 Å². The van der Waals surface area contributed by atoms with Gasteiger partial charge in [-0.05, 0) is 26.3 Å². The Morgan fingerprint density at radius 2 is 2.38 bits per heavy atom. The summed E-state index contributed by atoms with van der Waals surface area (Å²) in [7, 11) is 1.74. The number of methoxy groups -OCH3 is 1. The van der Waals surface area contributed by atoms with Gasteiger partial charge in [-0.25, -0.2) is 4.98 Å². The van der Waals surface area contributed by atoms with E-state index < -0.39 is 0 Å². The first-order valence-electron chi connectivity index (χ1n) is 6.00. The fraction of sp³-hybridized carbons (Fsp3) is 0.750. The molecule has 1 aromatic rings. The Bertz CT molecular complexity index is 286. The van der Waals surface area contributed by atoms with Crippen molar-refractivity contribution >= 4 is 0 Å². The lowest BCUT2D eigenvalue weighted by Gasteiger charge is -2.16. The van der Waals surface area contributed by atoms with Crippen molar-refractivity contribution in [2.45, 2.75) is 39.3 Å². The number of hydrogen-bond donors (Lipinski definition) is 1. The lowest BCUT2D eigenvalue weighted by atomic mass is 10.2. The van der Waals surface area contributed by atoms with Crippen LogP contribution in [0.3, 0.4) is 0 Å². The quantitative estimate of drug-likeness (QED) is 0.688. The maximum atomic E-state index is 5.10. The fourth-order valence-electron chi connectivity index (χ4n) is 1.69. The minimum Gasteiger partial charge on any atom is -0.385 e. The number of nitrogens with zero attached hydrogens (tertiary/aromatic N) is 2. The van der Waals surface area contributed by atoms with Crippen molar-refractivity contribution < 1.29 is 4.74 Å². The smallest absolute Gasteiger partial charge is 0.0951 e. The first kappa shape index (κ1) is 13.2. The summed E-state index contributed by atoms with van der Waals surface area (Å²) in [5.41, 5.74) is 1.25. The first-order valence-corrected chi connectivity index (χ1v) is 6.00. The Morgan fingerprint density at radius 1 is 1.56 bits per heavy atom. The van der Waals surface area contributed by atoms with Gasteiger partial charge in [0.25, 0.3) is 0 Å². The van der Waals surface area contributed by atoms with E-state index in [0.29, 0.717) is 6.04 Å². The third-order valence-corrected chi connectivity index (χ3v) is 2.69. The highest BCUT2D eigenvalue weighted by Gasteiger charge is 2.08. The minimum atomic E-state index is 0.445. The van der Waals surface area contributed by atoms with Gasteiger partial charge in [0.15, 0.2) is 0 Å². The standard InChI is InChI=1S/C12H23N3O/c1-4-6-13-8-12-9-14-10-15(12)11(2)5-7-16-3/h9-11,13H,4-8H2,1-3H3. The first-order chi connectivity index (χ1) is 7.79. The van der Waals surface area contributed by atoms with Crippen LogP contribution in [0.25, 0.3) is 0 Å². The molecular weight excluding hydrogens is 202 g/mol. The highest BCUT2D eigenvalue weighted by Crippen LogP contribution is 2.13. The molecule has 0 aliphatic rings. The molecule has 0 aliphatic carbocycles. The van der Waals surface area contributed by atoms with Gasteiger partial charge in [-0.15, -0.1) is 0 Å². The molecule has 0 spiro atoms. The Kier molecular flexibility index (Phi) is 6.11. The summed E-state index contributed by atoms with van der Waals surface area (Å²) in [6.45, 7) is 7.11. The van der Waals surface area contributed by atoms with E-state index in [0.717, 1.165) is 32.5 Å². The van der Waals surface area contributed by atoms with Gasteiger partial charge in [-0.3, -0.25) is 0 Å². The van der Waals surface area contributed by atoms with Crippen LogP contribution in [-0.4, -0.2) is 29.8 Å². The largest absolute Gasteiger partial charge is 0.385 e. The molecule has 1 unspecified atom stereocenters. The molecule has 1 rings (SSSR count). The molecule has 0 aliphatic heterocycles. The number of ether oxygens (including phenoxy) is 1. The summed E-state index contributed by atoms with van der Waals surface area (Å²) in [4.78, 5) is 4.21. The third kappa shape index (κ3) is 3.94. The molecule has 0 amide bonds. The molecule has 16 heavy (non-hydrogen) atoms. The zero-order valence-corrected chi connectivity index (χ0v) is 10.6. The molecule has 1 aromatic heterocycles. The lowest BCUT2D eigenvalue weighted by molar-refractivity contribution is 0.180. The maximum absolute atomic E-state index is 5.10. The lowest BCUT2D eigenvalue weighted by Crippen LogP contribution is -2.18. The monoisotopic (exact) mass is 225 g/mol. The SMILES string of the molecule is CCCNCc1cncn1C(C)CCOC. The summed E-state index contributed by atoms with van der Waals surface area (Å²) in [5, 5.41) is 3.40. The van der Waals surface area contributed by atoms with E-state index in [1.807, 2.05) is 12.5 Å². The molecule has 4 nitrogen and oxygen atoms in total. The van der Waals surface area contributed by atoms with Crippen molar-refractivity contribution in [1.82, 2.24) is 14.9 Å². The van der Waals surface area contributed by atoms with Crippen molar-refractivity contribution in [3.8, 4) is 0 Å². The van der Waals surface area contributed by atoms with Crippen LogP contribution < -0.4 is 5.32 Å². The summed E-state index contributed by atoms with van der Waals surface area (Å²) >= 11 is 0. The van der Waals surface area contributed by atoms with Crippen LogP contribution in [-0.2, 0) is 11.3 Å². The van der Waals surface area contributed by atoms with Crippen LogP contribution in [0.15, 0.2) is 12.5 Å². The molecular formula is C12H23N3O. The Hall–Kier alpha value is -0.870. The highest BCUT2D eigenvalue weighted by atomic mass is 16.5. The Labute approximate surface area is 98.0 Å². The Morgan fingerprint density at radius 3 is 3.06 bits per heavy atom.